The van der Waals surface area contributed by atoms with Gasteiger partial charge in [-0.15, -0.1) is 0 Å². The lowest BCUT2D eigenvalue weighted by Crippen LogP contribution is -1.93. The number of halogens is 4. The zero-order valence-electron chi connectivity index (χ0n) is 8.82. The van der Waals surface area contributed by atoms with Crippen molar-refractivity contribution in [1.29, 1.82) is 0 Å². The van der Waals surface area contributed by atoms with Crippen molar-refractivity contribution >= 4 is 23.2 Å². The normalized spacial score (nSPS) is 10.6. The SMILES string of the molecule is Cc1cc(F)c(-c2c(Cl)[c]ccc2Cl)c(F)c1. The van der Waals surface area contributed by atoms with Gasteiger partial charge >= 0.3 is 0 Å². The van der Waals surface area contributed by atoms with Crippen LogP contribution in [-0.4, -0.2) is 0 Å². The molecule has 0 fully saturated rings. The molecule has 0 aliphatic heterocycles. The summed E-state index contributed by atoms with van der Waals surface area (Å²) in [5.41, 5.74) is 0.407. The van der Waals surface area contributed by atoms with Gasteiger partial charge in [0.05, 0.1) is 15.6 Å². The van der Waals surface area contributed by atoms with E-state index in [0.29, 0.717) is 5.56 Å². The van der Waals surface area contributed by atoms with Crippen molar-refractivity contribution in [3.05, 3.63) is 57.6 Å². The zero-order valence-corrected chi connectivity index (χ0v) is 10.3. The van der Waals surface area contributed by atoms with Gasteiger partial charge in [0.25, 0.3) is 0 Å². The molecule has 4 heteroatoms. The summed E-state index contributed by atoms with van der Waals surface area (Å²) < 4.78 is 27.6. The van der Waals surface area contributed by atoms with Crippen LogP contribution >= 0.6 is 23.2 Å². The molecule has 2 rings (SSSR count). The van der Waals surface area contributed by atoms with Crippen molar-refractivity contribution in [2.24, 2.45) is 0 Å². The first kappa shape index (κ1) is 12.3. The first-order valence-electron chi connectivity index (χ1n) is 4.82. The fourth-order valence-electron chi connectivity index (χ4n) is 1.62. The zero-order chi connectivity index (χ0) is 12.6. The number of hydrogen-bond acceptors (Lipinski definition) is 0. The van der Waals surface area contributed by atoms with Crippen molar-refractivity contribution in [2.45, 2.75) is 6.92 Å². The van der Waals surface area contributed by atoms with E-state index < -0.39 is 11.6 Å². The molecule has 0 saturated carbocycles. The van der Waals surface area contributed by atoms with E-state index in [2.05, 4.69) is 6.07 Å². The molecule has 17 heavy (non-hydrogen) atoms. The second kappa shape index (κ2) is 4.63. The molecule has 0 aliphatic carbocycles. The van der Waals surface area contributed by atoms with Crippen LogP contribution in [0.15, 0.2) is 24.3 Å². The Kier molecular flexibility index (Phi) is 3.36. The van der Waals surface area contributed by atoms with Crippen LogP contribution < -0.4 is 0 Å². The largest absolute Gasteiger partial charge is 0.206 e. The van der Waals surface area contributed by atoms with Gasteiger partial charge in [0, 0.05) is 11.6 Å². The third-order valence-electron chi connectivity index (χ3n) is 2.33. The summed E-state index contributed by atoms with van der Waals surface area (Å²) in [6, 6.07) is 8.11. The van der Waals surface area contributed by atoms with Crippen molar-refractivity contribution < 1.29 is 8.78 Å². The molecule has 0 saturated heterocycles. The summed E-state index contributed by atoms with van der Waals surface area (Å²) in [5.74, 6) is -1.38. The molecule has 0 aliphatic rings. The molecule has 0 spiro atoms. The molecule has 0 unspecified atom stereocenters. The molecule has 0 N–H and O–H groups in total. The summed E-state index contributed by atoms with van der Waals surface area (Å²) >= 11 is 11.8. The van der Waals surface area contributed by atoms with Crippen LogP contribution in [0.4, 0.5) is 8.78 Å². The fourth-order valence-corrected chi connectivity index (χ4v) is 2.18. The second-order valence-corrected chi connectivity index (χ2v) is 4.40. The summed E-state index contributed by atoms with van der Waals surface area (Å²) in [6.07, 6.45) is 0. The first-order valence-corrected chi connectivity index (χ1v) is 5.58. The highest BCUT2D eigenvalue weighted by atomic mass is 35.5. The Balaban J connectivity index is 2.77. The monoisotopic (exact) mass is 271 g/mol. The Morgan fingerprint density at radius 2 is 1.65 bits per heavy atom. The summed E-state index contributed by atoms with van der Waals surface area (Å²) in [6.45, 7) is 1.61. The Morgan fingerprint density at radius 1 is 1.06 bits per heavy atom. The third kappa shape index (κ3) is 2.28. The van der Waals surface area contributed by atoms with Gasteiger partial charge in [0.1, 0.15) is 11.6 Å². The quantitative estimate of drug-likeness (QED) is 0.681. The Morgan fingerprint density at radius 3 is 2.18 bits per heavy atom. The van der Waals surface area contributed by atoms with E-state index in [9.17, 15) is 8.78 Å². The first-order chi connectivity index (χ1) is 8.00. The highest BCUT2D eigenvalue weighted by Gasteiger charge is 2.17. The molecule has 2 aromatic rings. The molecule has 87 valence electrons. The molecule has 0 amide bonds. The third-order valence-corrected chi connectivity index (χ3v) is 2.95. The van der Waals surface area contributed by atoms with Crippen molar-refractivity contribution in [1.82, 2.24) is 0 Å². The number of hydrogen-bond donors (Lipinski definition) is 0. The van der Waals surface area contributed by atoms with E-state index in [1.54, 1.807) is 6.92 Å². The van der Waals surface area contributed by atoms with Crippen molar-refractivity contribution in [3.63, 3.8) is 0 Å². The topological polar surface area (TPSA) is 0 Å². The smallest absolute Gasteiger partial charge is 0.134 e. The lowest BCUT2D eigenvalue weighted by Gasteiger charge is -2.10. The van der Waals surface area contributed by atoms with E-state index in [4.69, 9.17) is 23.2 Å². The van der Waals surface area contributed by atoms with Crippen LogP contribution in [0.3, 0.4) is 0 Å². The lowest BCUT2D eigenvalue weighted by molar-refractivity contribution is 0.588. The van der Waals surface area contributed by atoms with Crippen LogP contribution in [0.5, 0.6) is 0 Å². The average molecular weight is 272 g/mol. The van der Waals surface area contributed by atoms with Crippen LogP contribution in [0, 0.1) is 24.6 Å². The Bertz CT molecular complexity index is 536. The maximum Gasteiger partial charge on any atom is 0.134 e. The van der Waals surface area contributed by atoms with Crippen LogP contribution in [0.1, 0.15) is 5.56 Å². The maximum absolute atomic E-state index is 13.8. The highest BCUT2D eigenvalue weighted by Crippen LogP contribution is 2.37. The van der Waals surface area contributed by atoms with Gasteiger partial charge in [0.2, 0.25) is 0 Å². The van der Waals surface area contributed by atoms with Gasteiger partial charge in [-0.1, -0.05) is 29.3 Å². The fraction of sp³-hybridized carbons (Fsp3) is 0.0769. The van der Waals surface area contributed by atoms with Gasteiger partial charge in [-0.3, -0.25) is 0 Å². The van der Waals surface area contributed by atoms with E-state index in [1.165, 1.54) is 24.3 Å². The molecule has 1 radical (unpaired) electrons. The van der Waals surface area contributed by atoms with Gasteiger partial charge in [0.15, 0.2) is 0 Å². The lowest BCUT2D eigenvalue weighted by atomic mass is 10.0. The van der Waals surface area contributed by atoms with E-state index in [-0.39, 0.29) is 21.2 Å². The molecular formula is C13H7Cl2F2. The van der Waals surface area contributed by atoms with Crippen LogP contribution in [-0.2, 0) is 0 Å². The summed E-state index contributed by atoms with van der Waals surface area (Å²) in [7, 11) is 0. The molecular weight excluding hydrogens is 265 g/mol. The second-order valence-electron chi connectivity index (χ2n) is 3.62. The minimum Gasteiger partial charge on any atom is -0.206 e. The summed E-state index contributed by atoms with van der Waals surface area (Å²) in [4.78, 5) is 0. The van der Waals surface area contributed by atoms with E-state index >= 15 is 0 Å². The van der Waals surface area contributed by atoms with Gasteiger partial charge in [-0.25, -0.2) is 8.78 Å². The average Bonchev–Trinajstić information content (AvgIpc) is 2.21. The molecule has 0 atom stereocenters. The van der Waals surface area contributed by atoms with Crippen LogP contribution in [0.2, 0.25) is 10.0 Å². The van der Waals surface area contributed by atoms with Gasteiger partial charge < -0.3 is 0 Å². The number of rotatable bonds is 1. The predicted octanol–water partition coefficient (Wildman–Crippen LogP) is 5.05. The molecule has 2 aromatic carbocycles. The van der Waals surface area contributed by atoms with Gasteiger partial charge in [-0.2, -0.15) is 0 Å². The van der Waals surface area contributed by atoms with Crippen LogP contribution in [0.25, 0.3) is 11.1 Å². The van der Waals surface area contributed by atoms with E-state index in [1.807, 2.05) is 0 Å². The molecule has 0 bridgehead atoms. The highest BCUT2D eigenvalue weighted by molar-refractivity contribution is 6.39. The standard InChI is InChI=1S/C13H7Cl2F2/c1-7-5-10(16)13(11(17)6-7)12-8(14)3-2-4-9(12)15/h2-3,5-6H,1H3. The van der Waals surface area contributed by atoms with E-state index in [0.717, 1.165) is 0 Å². The summed E-state index contributed by atoms with van der Waals surface area (Å²) in [5, 5.41) is 0.287. The Labute approximate surface area is 108 Å². The minimum absolute atomic E-state index is 0.0964. The Hall–Kier alpha value is -1.12. The molecule has 0 aromatic heterocycles. The number of aryl methyl sites for hydroxylation is 1. The molecule has 0 heterocycles. The van der Waals surface area contributed by atoms with Gasteiger partial charge in [-0.05, 0) is 30.7 Å². The van der Waals surface area contributed by atoms with Crippen molar-refractivity contribution in [3.8, 4) is 11.1 Å². The molecule has 0 nitrogen and oxygen atoms in total. The van der Waals surface area contributed by atoms with Crippen molar-refractivity contribution in [2.75, 3.05) is 0 Å². The number of benzene rings is 2. The maximum atomic E-state index is 13.8. The predicted molar refractivity (Wildman–Crippen MR) is 65.4 cm³/mol. The minimum atomic E-state index is -0.689.